The minimum Gasteiger partial charge on any atom is -0.396 e. The molecule has 0 spiro atoms. The predicted octanol–water partition coefficient (Wildman–Crippen LogP) is 1.90. The van der Waals surface area contributed by atoms with Gasteiger partial charge in [-0.25, -0.2) is 4.39 Å². The summed E-state index contributed by atoms with van der Waals surface area (Å²) in [6, 6.07) is 5.88. The number of hydrogen-bond acceptors (Lipinski definition) is 4. The van der Waals surface area contributed by atoms with Crippen molar-refractivity contribution in [2.45, 2.75) is 26.3 Å². The number of nitrogens with one attached hydrogen (secondary N) is 1. The number of rotatable bonds is 7. The summed E-state index contributed by atoms with van der Waals surface area (Å²) >= 11 is 0. The van der Waals surface area contributed by atoms with Gasteiger partial charge in [0.1, 0.15) is 11.4 Å². The Morgan fingerprint density at radius 1 is 1.29 bits per heavy atom. The Hall–Kier alpha value is -2.80. The molecule has 6 nitrogen and oxygen atoms in total. The molecule has 1 aliphatic carbocycles. The minimum atomic E-state index is -0.599. The van der Waals surface area contributed by atoms with Crippen LogP contribution in [0.15, 0.2) is 35.3 Å². The summed E-state index contributed by atoms with van der Waals surface area (Å²) < 4.78 is 15.3. The molecule has 0 bridgehead atoms. The molecule has 148 valence electrons. The predicted molar refractivity (Wildman–Crippen MR) is 102 cm³/mol. The molecule has 28 heavy (non-hydrogen) atoms. The number of hydrogen-bond donors (Lipinski definition) is 2. The number of Topliss-reactive ketones (excluding diaryl/α,β-unsaturated/α-hetero) is 1. The van der Waals surface area contributed by atoms with Crippen LogP contribution in [0.4, 0.5) is 4.39 Å². The Kier molecular flexibility index (Phi) is 5.74. The average molecular weight is 386 g/mol. The second-order valence-electron chi connectivity index (χ2n) is 7.32. The van der Waals surface area contributed by atoms with Crippen molar-refractivity contribution in [1.29, 1.82) is 0 Å². The van der Waals surface area contributed by atoms with Gasteiger partial charge in [0.2, 0.25) is 0 Å². The van der Waals surface area contributed by atoms with Gasteiger partial charge in [0, 0.05) is 37.4 Å². The van der Waals surface area contributed by atoms with Crippen molar-refractivity contribution in [3.63, 3.8) is 0 Å². The van der Waals surface area contributed by atoms with Crippen LogP contribution in [-0.4, -0.2) is 35.0 Å². The second-order valence-corrected chi connectivity index (χ2v) is 7.32. The number of amides is 1. The summed E-state index contributed by atoms with van der Waals surface area (Å²) in [4.78, 5) is 37.5. The van der Waals surface area contributed by atoms with E-state index >= 15 is 0 Å². The normalized spacial score (nSPS) is 18.0. The maximum Gasteiger partial charge on any atom is 0.263 e. The topological polar surface area (TPSA) is 88.4 Å². The molecule has 1 aliphatic rings. The summed E-state index contributed by atoms with van der Waals surface area (Å²) in [5.41, 5.74) is 0.631. The van der Waals surface area contributed by atoms with Crippen LogP contribution in [0.2, 0.25) is 0 Å². The quantitative estimate of drug-likeness (QED) is 0.712. The largest absolute Gasteiger partial charge is 0.396 e. The number of pyridine rings is 1. The molecular weight excluding hydrogens is 363 g/mol. The van der Waals surface area contributed by atoms with Gasteiger partial charge < -0.3 is 15.0 Å². The van der Waals surface area contributed by atoms with Crippen molar-refractivity contribution in [2.75, 3.05) is 13.7 Å². The first-order valence-electron chi connectivity index (χ1n) is 9.19. The Labute approximate surface area is 162 Å². The third-order valence-corrected chi connectivity index (χ3v) is 5.17. The van der Waals surface area contributed by atoms with Crippen molar-refractivity contribution in [2.24, 2.45) is 11.8 Å². The number of ketones is 1. The van der Waals surface area contributed by atoms with E-state index in [-0.39, 0.29) is 48.3 Å². The molecule has 0 aliphatic heterocycles. The highest BCUT2D eigenvalue weighted by Crippen LogP contribution is 2.41. The van der Waals surface area contributed by atoms with E-state index in [4.69, 9.17) is 5.11 Å². The summed E-state index contributed by atoms with van der Waals surface area (Å²) in [7, 11) is 1.40. The number of benzene rings is 1. The Morgan fingerprint density at radius 2 is 2.04 bits per heavy atom. The minimum absolute atomic E-state index is 0.0492. The molecule has 1 heterocycles. The lowest BCUT2D eigenvalue weighted by atomic mass is 10.0. The number of carbonyl (C=O) groups excluding carboxylic acids is 2. The molecule has 1 fully saturated rings. The summed E-state index contributed by atoms with van der Waals surface area (Å²) in [6.45, 7) is 1.78. The van der Waals surface area contributed by atoms with Gasteiger partial charge in [0.25, 0.3) is 11.5 Å². The summed E-state index contributed by atoms with van der Waals surface area (Å²) in [5.74, 6) is -1.01. The van der Waals surface area contributed by atoms with Crippen LogP contribution in [0.25, 0.3) is 0 Å². The molecule has 0 radical (unpaired) electrons. The number of nitrogens with zero attached hydrogens (tertiary/aromatic N) is 1. The summed E-state index contributed by atoms with van der Waals surface area (Å²) in [6.07, 6.45) is 2.42. The van der Waals surface area contributed by atoms with Crippen molar-refractivity contribution < 1.29 is 19.1 Å². The van der Waals surface area contributed by atoms with Gasteiger partial charge in [0.05, 0.1) is 6.54 Å². The van der Waals surface area contributed by atoms with Gasteiger partial charge in [-0.3, -0.25) is 14.4 Å². The number of aryl methyl sites for hydroxylation is 1. The number of aliphatic hydroxyl groups excluding tert-OH is 1. The lowest BCUT2D eigenvalue weighted by molar-refractivity contribution is 0.0961. The van der Waals surface area contributed by atoms with Gasteiger partial charge in [-0.15, -0.1) is 0 Å². The smallest absolute Gasteiger partial charge is 0.263 e. The molecule has 7 heteroatoms. The zero-order chi connectivity index (χ0) is 20.4. The monoisotopic (exact) mass is 386 g/mol. The first-order valence-corrected chi connectivity index (χ1v) is 9.19. The molecule has 1 saturated carbocycles. The first kappa shape index (κ1) is 19.9. The third kappa shape index (κ3) is 4.20. The standard InChI is InChI=1S/C21H23FN2O4/c1-12-3-4-18(22)14(5-12)9-24-10-15(7-17(21(24)28)20(27)23-2)19(26)8-13-6-16(13)11-25/h3-5,7,10,13,16,25H,6,8-9,11H2,1-2H3,(H,23,27)/t13-,16-/m1/s1. The van der Waals surface area contributed by atoms with Gasteiger partial charge in [0.15, 0.2) is 5.78 Å². The third-order valence-electron chi connectivity index (χ3n) is 5.17. The Morgan fingerprint density at radius 3 is 2.68 bits per heavy atom. The van der Waals surface area contributed by atoms with Crippen LogP contribution in [0.1, 0.15) is 44.7 Å². The van der Waals surface area contributed by atoms with Crippen LogP contribution >= 0.6 is 0 Å². The van der Waals surface area contributed by atoms with Crippen LogP contribution in [0.5, 0.6) is 0 Å². The molecule has 2 atom stereocenters. The molecule has 1 aromatic carbocycles. The lowest BCUT2D eigenvalue weighted by Gasteiger charge is -2.12. The average Bonchev–Trinajstić information content (AvgIpc) is 3.43. The lowest BCUT2D eigenvalue weighted by Crippen LogP contribution is -2.32. The zero-order valence-corrected chi connectivity index (χ0v) is 15.9. The fourth-order valence-electron chi connectivity index (χ4n) is 3.35. The maximum absolute atomic E-state index is 14.1. The van der Waals surface area contributed by atoms with Crippen LogP contribution in [0, 0.1) is 24.6 Å². The van der Waals surface area contributed by atoms with Gasteiger partial charge in [-0.05, 0) is 37.3 Å². The highest BCUT2D eigenvalue weighted by Gasteiger charge is 2.38. The van der Waals surface area contributed by atoms with Crippen LogP contribution < -0.4 is 10.9 Å². The Balaban J connectivity index is 1.98. The fourth-order valence-corrected chi connectivity index (χ4v) is 3.35. The van der Waals surface area contributed by atoms with Crippen molar-refractivity contribution in [3.8, 4) is 0 Å². The van der Waals surface area contributed by atoms with Crippen molar-refractivity contribution >= 4 is 11.7 Å². The van der Waals surface area contributed by atoms with E-state index < -0.39 is 17.3 Å². The van der Waals surface area contributed by atoms with E-state index in [9.17, 15) is 18.8 Å². The first-order chi connectivity index (χ1) is 13.3. The SMILES string of the molecule is CNC(=O)c1cc(C(=O)C[C@H]2C[C@@H]2CO)cn(Cc2cc(C)ccc2F)c1=O. The summed E-state index contributed by atoms with van der Waals surface area (Å²) in [5, 5.41) is 11.6. The van der Waals surface area contributed by atoms with Crippen molar-refractivity contribution in [1.82, 2.24) is 9.88 Å². The van der Waals surface area contributed by atoms with E-state index in [1.807, 2.05) is 6.92 Å². The maximum atomic E-state index is 14.1. The number of halogens is 1. The molecule has 2 aromatic rings. The van der Waals surface area contributed by atoms with Crippen LogP contribution in [0.3, 0.4) is 0 Å². The molecule has 0 unspecified atom stereocenters. The van der Waals surface area contributed by atoms with Gasteiger partial charge in [-0.1, -0.05) is 17.7 Å². The second kappa shape index (κ2) is 8.06. The van der Waals surface area contributed by atoms with Crippen molar-refractivity contribution in [3.05, 3.63) is 68.9 Å². The molecule has 3 rings (SSSR count). The van der Waals surface area contributed by atoms with E-state index in [0.717, 1.165) is 12.0 Å². The van der Waals surface area contributed by atoms with E-state index in [0.29, 0.717) is 5.56 Å². The molecule has 2 N–H and O–H groups in total. The van der Waals surface area contributed by atoms with Gasteiger partial charge in [-0.2, -0.15) is 0 Å². The van der Waals surface area contributed by atoms with E-state index in [2.05, 4.69) is 5.32 Å². The number of aromatic nitrogens is 1. The molecule has 1 amide bonds. The molecule has 0 saturated heterocycles. The van der Waals surface area contributed by atoms with Crippen LogP contribution in [-0.2, 0) is 6.54 Å². The fraction of sp³-hybridized carbons (Fsp3) is 0.381. The van der Waals surface area contributed by atoms with Gasteiger partial charge >= 0.3 is 0 Å². The zero-order valence-electron chi connectivity index (χ0n) is 15.9. The van der Waals surface area contributed by atoms with E-state index in [1.165, 1.54) is 29.9 Å². The highest BCUT2D eigenvalue weighted by molar-refractivity contribution is 6.00. The highest BCUT2D eigenvalue weighted by atomic mass is 19.1. The number of aliphatic hydroxyl groups is 1. The molecular formula is C21H23FN2O4. The number of carbonyl (C=O) groups is 2. The van der Waals surface area contributed by atoms with E-state index in [1.54, 1.807) is 12.1 Å². The Bertz CT molecular complexity index is 983. The molecule has 1 aromatic heterocycles.